The van der Waals surface area contributed by atoms with Gasteiger partial charge in [0.05, 0.1) is 19.8 Å². The minimum Gasteiger partial charge on any atom is -0.490 e. The minimum absolute atomic E-state index is 0.0315. The molecule has 27 heavy (non-hydrogen) atoms. The second-order valence-corrected chi connectivity index (χ2v) is 6.53. The largest absolute Gasteiger partial charge is 0.490 e. The van der Waals surface area contributed by atoms with Gasteiger partial charge in [0.1, 0.15) is 11.9 Å². The Hall–Kier alpha value is -2.89. The van der Waals surface area contributed by atoms with E-state index in [1.54, 1.807) is 0 Å². The fourth-order valence-corrected chi connectivity index (χ4v) is 2.76. The Morgan fingerprint density at radius 2 is 2.00 bits per heavy atom. The molecule has 0 radical (unpaired) electrons. The molecule has 144 valence electrons. The van der Waals surface area contributed by atoms with Crippen LogP contribution in [0.3, 0.4) is 0 Å². The second kappa shape index (κ2) is 9.16. The smallest absolute Gasteiger partial charge is 0.193 e. The highest BCUT2D eigenvalue weighted by Gasteiger charge is 2.11. The zero-order valence-corrected chi connectivity index (χ0v) is 15.9. The van der Waals surface area contributed by atoms with Gasteiger partial charge in [0.2, 0.25) is 0 Å². The summed E-state index contributed by atoms with van der Waals surface area (Å²) < 4.78 is 17.3. The van der Waals surface area contributed by atoms with E-state index >= 15 is 0 Å². The van der Waals surface area contributed by atoms with Crippen molar-refractivity contribution in [2.75, 3.05) is 25.1 Å². The van der Waals surface area contributed by atoms with E-state index in [0.717, 1.165) is 35.8 Å². The predicted molar refractivity (Wildman–Crippen MR) is 108 cm³/mol. The van der Waals surface area contributed by atoms with Gasteiger partial charge in [-0.25, -0.2) is 4.99 Å². The van der Waals surface area contributed by atoms with E-state index in [0.29, 0.717) is 25.7 Å². The first kappa shape index (κ1) is 18.9. The Morgan fingerprint density at radius 1 is 1.19 bits per heavy atom. The van der Waals surface area contributed by atoms with E-state index < -0.39 is 0 Å². The number of nitrogens with two attached hydrogens (primary N) is 1. The average Bonchev–Trinajstić information content (AvgIpc) is 2.90. The van der Waals surface area contributed by atoms with Crippen molar-refractivity contribution in [2.45, 2.75) is 32.8 Å². The van der Waals surface area contributed by atoms with Crippen LogP contribution in [0.2, 0.25) is 0 Å². The predicted octanol–water partition coefficient (Wildman–Crippen LogP) is 3.74. The van der Waals surface area contributed by atoms with Crippen molar-refractivity contribution in [3.63, 3.8) is 0 Å². The van der Waals surface area contributed by atoms with Gasteiger partial charge in [0.15, 0.2) is 17.5 Å². The van der Waals surface area contributed by atoms with Crippen LogP contribution in [0, 0.1) is 6.92 Å². The SMILES string of the molecule is CCC(CN=C(N)Nc1ccc2c(c1)OCCCO2)Oc1cccc(C)c1. The van der Waals surface area contributed by atoms with E-state index in [9.17, 15) is 0 Å². The molecule has 0 bridgehead atoms. The highest BCUT2D eigenvalue weighted by Crippen LogP contribution is 2.32. The number of hydrogen-bond acceptors (Lipinski definition) is 4. The molecule has 0 aliphatic carbocycles. The molecule has 6 nitrogen and oxygen atoms in total. The molecule has 0 saturated heterocycles. The lowest BCUT2D eigenvalue weighted by Crippen LogP contribution is -2.26. The number of aryl methyl sites for hydroxylation is 1. The average molecular weight is 369 g/mol. The summed E-state index contributed by atoms with van der Waals surface area (Å²) in [6.45, 7) is 5.91. The molecule has 0 saturated carbocycles. The fraction of sp³-hybridized carbons (Fsp3) is 0.381. The van der Waals surface area contributed by atoms with Crippen LogP contribution in [-0.2, 0) is 0 Å². The van der Waals surface area contributed by atoms with Crippen molar-refractivity contribution in [2.24, 2.45) is 10.7 Å². The third-order valence-electron chi connectivity index (χ3n) is 4.23. The highest BCUT2D eigenvalue weighted by molar-refractivity contribution is 5.92. The molecule has 1 aliphatic rings. The highest BCUT2D eigenvalue weighted by atomic mass is 16.5. The van der Waals surface area contributed by atoms with Crippen LogP contribution in [0.5, 0.6) is 17.2 Å². The Kier molecular flexibility index (Phi) is 6.41. The second-order valence-electron chi connectivity index (χ2n) is 6.53. The molecule has 6 heteroatoms. The first-order valence-electron chi connectivity index (χ1n) is 9.34. The van der Waals surface area contributed by atoms with Crippen LogP contribution in [0.1, 0.15) is 25.3 Å². The molecular weight excluding hydrogens is 342 g/mol. The molecule has 3 rings (SSSR count). The van der Waals surface area contributed by atoms with Crippen LogP contribution in [0.4, 0.5) is 5.69 Å². The van der Waals surface area contributed by atoms with Gasteiger partial charge in [-0.05, 0) is 43.2 Å². The number of rotatable bonds is 6. The maximum absolute atomic E-state index is 6.04. The number of nitrogens with zero attached hydrogens (tertiary/aromatic N) is 1. The van der Waals surface area contributed by atoms with Gasteiger partial charge >= 0.3 is 0 Å². The molecule has 3 N–H and O–H groups in total. The monoisotopic (exact) mass is 369 g/mol. The zero-order chi connectivity index (χ0) is 19.1. The summed E-state index contributed by atoms with van der Waals surface area (Å²) in [7, 11) is 0. The van der Waals surface area contributed by atoms with Crippen molar-refractivity contribution in [3.05, 3.63) is 48.0 Å². The van der Waals surface area contributed by atoms with Crippen molar-refractivity contribution in [1.29, 1.82) is 0 Å². The third kappa shape index (κ3) is 5.54. The maximum atomic E-state index is 6.04. The Morgan fingerprint density at radius 3 is 2.78 bits per heavy atom. The molecule has 1 aliphatic heterocycles. The molecule has 0 spiro atoms. The standard InChI is InChI=1S/C21H27N3O3/c1-3-17(27-18-7-4-6-15(2)12-18)14-23-21(22)24-16-8-9-19-20(13-16)26-11-5-10-25-19/h4,6-9,12-13,17H,3,5,10-11,14H2,1-2H3,(H3,22,23,24). The van der Waals surface area contributed by atoms with Crippen LogP contribution in [0.25, 0.3) is 0 Å². The van der Waals surface area contributed by atoms with Crippen LogP contribution in [0.15, 0.2) is 47.5 Å². The maximum Gasteiger partial charge on any atom is 0.193 e. The lowest BCUT2D eigenvalue weighted by atomic mass is 10.2. The van der Waals surface area contributed by atoms with Gasteiger partial charge in [-0.1, -0.05) is 19.1 Å². The Balaban J connectivity index is 1.59. The third-order valence-corrected chi connectivity index (χ3v) is 4.23. The minimum atomic E-state index is -0.0315. The molecule has 0 aromatic heterocycles. The number of aliphatic imine (C=N–C) groups is 1. The molecule has 0 fully saturated rings. The van der Waals surface area contributed by atoms with Gasteiger partial charge in [-0.3, -0.25) is 0 Å². The summed E-state index contributed by atoms with van der Waals surface area (Å²) >= 11 is 0. The van der Waals surface area contributed by atoms with Crippen molar-refractivity contribution in [3.8, 4) is 17.2 Å². The lowest BCUT2D eigenvalue weighted by molar-refractivity contribution is 0.205. The van der Waals surface area contributed by atoms with E-state index in [2.05, 4.69) is 17.2 Å². The van der Waals surface area contributed by atoms with E-state index in [-0.39, 0.29) is 6.10 Å². The number of ether oxygens (including phenoxy) is 3. The molecule has 1 atom stereocenters. The van der Waals surface area contributed by atoms with Gasteiger partial charge in [-0.15, -0.1) is 0 Å². The fourth-order valence-electron chi connectivity index (χ4n) is 2.76. The van der Waals surface area contributed by atoms with E-state index in [4.69, 9.17) is 19.9 Å². The van der Waals surface area contributed by atoms with Gasteiger partial charge < -0.3 is 25.3 Å². The first-order valence-corrected chi connectivity index (χ1v) is 9.34. The van der Waals surface area contributed by atoms with E-state index in [1.807, 2.05) is 49.4 Å². The quantitative estimate of drug-likeness (QED) is 0.599. The zero-order valence-electron chi connectivity index (χ0n) is 15.9. The van der Waals surface area contributed by atoms with Crippen molar-refractivity contribution >= 4 is 11.6 Å². The lowest BCUT2D eigenvalue weighted by Gasteiger charge is -2.16. The molecule has 2 aromatic rings. The number of anilines is 1. The van der Waals surface area contributed by atoms with E-state index in [1.165, 1.54) is 5.56 Å². The number of benzene rings is 2. The summed E-state index contributed by atoms with van der Waals surface area (Å²) in [5.41, 5.74) is 8.03. The molecule has 1 heterocycles. The molecular formula is C21H27N3O3. The van der Waals surface area contributed by atoms with Crippen LogP contribution in [-0.4, -0.2) is 31.8 Å². The van der Waals surface area contributed by atoms with Gasteiger partial charge in [0, 0.05) is 18.2 Å². The van der Waals surface area contributed by atoms with Crippen LogP contribution < -0.4 is 25.3 Å². The summed E-state index contributed by atoms with van der Waals surface area (Å²) in [5.74, 6) is 2.67. The summed E-state index contributed by atoms with van der Waals surface area (Å²) in [6, 6.07) is 13.7. The first-order chi connectivity index (χ1) is 13.1. The number of hydrogen-bond donors (Lipinski definition) is 2. The summed E-state index contributed by atoms with van der Waals surface area (Å²) in [5, 5.41) is 3.10. The molecule has 2 aromatic carbocycles. The summed E-state index contributed by atoms with van der Waals surface area (Å²) in [4.78, 5) is 4.43. The van der Waals surface area contributed by atoms with Crippen molar-refractivity contribution < 1.29 is 14.2 Å². The number of nitrogens with one attached hydrogen (secondary N) is 1. The normalized spacial score (nSPS) is 15.0. The topological polar surface area (TPSA) is 78.1 Å². The van der Waals surface area contributed by atoms with Gasteiger partial charge in [0.25, 0.3) is 0 Å². The van der Waals surface area contributed by atoms with Crippen LogP contribution >= 0.6 is 0 Å². The Labute approximate surface area is 160 Å². The van der Waals surface area contributed by atoms with Gasteiger partial charge in [-0.2, -0.15) is 0 Å². The number of fused-ring (bicyclic) bond motifs is 1. The van der Waals surface area contributed by atoms with Crippen molar-refractivity contribution in [1.82, 2.24) is 0 Å². The Bertz CT molecular complexity index is 792. The molecule has 1 unspecified atom stereocenters. The molecule has 0 amide bonds. The number of guanidine groups is 1. The summed E-state index contributed by atoms with van der Waals surface area (Å²) in [6.07, 6.45) is 1.69.